The number of nitrogens with zero attached hydrogens (tertiary/aromatic N) is 1. The van der Waals surface area contributed by atoms with E-state index in [4.69, 9.17) is 10.5 Å². The standard InChI is InChI=1S/C22H32F2N2O3/c1-21(2,3)29-20(27)26-12-10-22(11-13-26)8-6-15(7-9-22)16-4-5-17(25)18(14-16)28-19(23)24/h4-5,14-15,19H,6-13,25H2,1-3H3. The van der Waals surface area contributed by atoms with Gasteiger partial charge in [-0.1, -0.05) is 6.07 Å². The number of carbonyl (C=O) groups is 1. The number of carbonyl (C=O) groups excluding carboxylic acids is 1. The Morgan fingerprint density at radius 2 is 1.79 bits per heavy atom. The molecule has 0 aromatic heterocycles. The van der Waals surface area contributed by atoms with Crippen molar-refractivity contribution in [1.82, 2.24) is 4.90 Å². The van der Waals surface area contributed by atoms with Crippen LogP contribution in [0.5, 0.6) is 5.75 Å². The monoisotopic (exact) mass is 410 g/mol. The van der Waals surface area contributed by atoms with Crippen molar-refractivity contribution in [1.29, 1.82) is 0 Å². The van der Waals surface area contributed by atoms with E-state index >= 15 is 0 Å². The lowest BCUT2D eigenvalue weighted by molar-refractivity contribution is -0.0494. The van der Waals surface area contributed by atoms with Gasteiger partial charge in [0.25, 0.3) is 0 Å². The first-order valence-electron chi connectivity index (χ1n) is 10.4. The van der Waals surface area contributed by atoms with E-state index in [1.807, 2.05) is 31.7 Å². The Hall–Kier alpha value is -2.05. The lowest BCUT2D eigenvalue weighted by Gasteiger charge is -2.46. The highest BCUT2D eigenvalue weighted by Crippen LogP contribution is 2.49. The Bertz CT molecular complexity index is 715. The van der Waals surface area contributed by atoms with Crippen LogP contribution in [0.2, 0.25) is 0 Å². The smallest absolute Gasteiger partial charge is 0.410 e. The molecule has 2 N–H and O–H groups in total. The van der Waals surface area contributed by atoms with Crippen LogP contribution in [-0.2, 0) is 4.74 Å². The Balaban J connectivity index is 1.55. The summed E-state index contributed by atoms with van der Waals surface area (Å²) in [4.78, 5) is 14.1. The van der Waals surface area contributed by atoms with E-state index in [-0.39, 0.29) is 22.9 Å². The lowest BCUT2D eigenvalue weighted by atomic mass is 9.64. The van der Waals surface area contributed by atoms with Crippen LogP contribution in [-0.4, -0.2) is 36.3 Å². The van der Waals surface area contributed by atoms with Gasteiger partial charge >= 0.3 is 12.7 Å². The summed E-state index contributed by atoms with van der Waals surface area (Å²) in [5.74, 6) is 0.383. The highest BCUT2D eigenvalue weighted by atomic mass is 19.3. The van der Waals surface area contributed by atoms with Gasteiger partial charge in [0.05, 0.1) is 5.69 Å². The van der Waals surface area contributed by atoms with Gasteiger partial charge in [-0.3, -0.25) is 0 Å². The molecular formula is C22H32F2N2O3. The first-order valence-corrected chi connectivity index (χ1v) is 10.4. The molecule has 0 radical (unpaired) electrons. The number of ether oxygens (including phenoxy) is 2. The number of amides is 1. The van der Waals surface area contributed by atoms with Gasteiger partial charge in [0, 0.05) is 13.1 Å². The molecule has 0 unspecified atom stereocenters. The van der Waals surface area contributed by atoms with E-state index in [0.29, 0.717) is 5.92 Å². The molecule has 7 heteroatoms. The number of hydrogen-bond donors (Lipinski definition) is 1. The van der Waals surface area contributed by atoms with Crippen LogP contribution in [0.4, 0.5) is 19.3 Å². The topological polar surface area (TPSA) is 64.8 Å². The van der Waals surface area contributed by atoms with E-state index < -0.39 is 12.2 Å². The minimum absolute atomic E-state index is 0.0588. The average Bonchev–Trinajstić information content (AvgIpc) is 2.63. The van der Waals surface area contributed by atoms with Crippen molar-refractivity contribution in [3.05, 3.63) is 23.8 Å². The summed E-state index contributed by atoms with van der Waals surface area (Å²) in [6, 6.07) is 5.23. The summed E-state index contributed by atoms with van der Waals surface area (Å²) in [5.41, 5.74) is 6.79. The van der Waals surface area contributed by atoms with Crippen LogP contribution in [0.25, 0.3) is 0 Å². The second kappa shape index (κ2) is 8.36. The van der Waals surface area contributed by atoms with Crippen molar-refractivity contribution in [3.63, 3.8) is 0 Å². The number of alkyl halides is 2. The number of nitrogen functional groups attached to an aromatic ring is 1. The van der Waals surface area contributed by atoms with E-state index in [0.717, 1.165) is 57.2 Å². The molecule has 1 aliphatic heterocycles. The Kier molecular flexibility index (Phi) is 6.24. The molecule has 3 rings (SSSR count). The number of piperidine rings is 1. The third-order valence-corrected chi connectivity index (χ3v) is 6.25. The third-order valence-electron chi connectivity index (χ3n) is 6.25. The van der Waals surface area contributed by atoms with Gasteiger partial charge in [0.2, 0.25) is 0 Å². The van der Waals surface area contributed by atoms with E-state index in [9.17, 15) is 13.6 Å². The van der Waals surface area contributed by atoms with Gasteiger partial charge in [-0.25, -0.2) is 4.79 Å². The third kappa shape index (κ3) is 5.52. The summed E-state index contributed by atoms with van der Waals surface area (Å²) in [6.07, 6.45) is 5.91. The van der Waals surface area contributed by atoms with Crippen LogP contribution in [0.15, 0.2) is 18.2 Å². The number of nitrogens with two attached hydrogens (primary N) is 1. The molecular weight excluding hydrogens is 378 g/mol. The number of halogens is 2. The second-order valence-electron chi connectivity index (χ2n) is 9.42. The number of hydrogen-bond acceptors (Lipinski definition) is 4. The fourth-order valence-electron chi connectivity index (χ4n) is 4.56. The van der Waals surface area contributed by atoms with Crippen LogP contribution < -0.4 is 10.5 Å². The lowest BCUT2D eigenvalue weighted by Crippen LogP contribution is -2.46. The largest absolute Gasteiger partial charge is 0.444 e. The minimum Gasteiger partial charge on any atom is -0.444 e. The van der Waals surface area contributed by atoms with Crippen molar-refractivity contribution in [2.45, 2.75) is 77.4 Å². The summed E-state index contributed by atoms with van der Waals surface area (Å²) in [5, 5.41) is 0. The number of benzene rings is 1. The molecule has 1 aromatic rings. The molecule has 1 aromatic carbocycles. The number of rotatable bonds is 3. The predicted molar refractivity (Wildman–Crippen MR) is 108 cm³/mol. The van der Waals surface area contributed by atoms with Crippen molar-refractivity contribution in [2.24, 2.45) is 5.41 Å². The predicted octanol–water partition coefficient (Wildman–Crippen LogP) is 5.55. The summed E-state index contributed by atoms with van der Waals surface area (Å²) in [7, 11) is 0. The van der Waals surface area contributed by atoms with Gasteiger partial charge in [-0.2, -0.15) is 8.78 Å². The summed E-state index contributed by atoms with van der Waals surface area (Å²) in [6.45, 7) is 4.23. The molecule has 1 spiro atoms. The fraction of sp³-hybridized carbons (Fsp3) is 0.682. The molecule has 1 saturated heterocycles. The summed E-state index contributed by atoms with van der Waals surface area (Å²) < 4.78 is 35.2. The molecule has 0 atom stereocenters. The zero-order chi connectivity index (χ0) is 21.2. The second-order valence-corrected chi connectivity index (χ2v) is 9.42. The highest BCUT2D eigenvalue weighted by Gasteiger charge is 2.40. The van der Waals surface area contributed by atoms with Crippen molar-refractivity contribution < 1.29 is 23.0 Å². The molecule has 1 heterocycles. The fourth-order valence-corrected chi connectivity index (χ4v) is 4.56. The zero-order valence-corrected chi connectivity index (χ0v) is 17.5. The summed E-state index contributed by atoms with van der Waals surface area (Å²) >= 11 is 0. The normalized spacial score (nSPS) is 20.1. The maximum atomic E-state index is 12.6. The minimum atomic E-state index is -2.88. The molecule has 2 aliphatic rings. The quantitative estimate of drug-likeness (QED) is 0.664. The molecule has 1 aliphatic carbocycles. The number of likely N-dealkylation sites (tertiary alicyclic amines) is 1. The van der Waals surface area contributed by atoms with Gasteiger partial charge in [-0.15, -0.1) is 0 Å². The van der Waals surface area contributed by atoms with Crippen LogP contribution >= 0.6 is 0 Å². The van der Waals surface area contributed by atoms with Gasteiger partial charge in [0.1, 0.15) is 11.4 Å². The Labute approximate surface area is 171 Å². The first-order chi connectivity index (χ1) is 13.6. The van der Waals surface area contributed by atoms with Crippen LogP contribution in [0, 0.1) is 5.41 Å². The molecule has 1 saturated carbocycles. The van der Waals surface area contributed by atoms with E-state index in [1.54, 1.807) is 12.1 Å². The first kappa shape index (κ1) is 21.7. The van der Waals surface area contributed by atoms with Gasteiger partial charge in [0.15, 0.2) is 0 Å². The molecule has 29 heavy (non-hydrogen) atoms. The maximum Gasteiger partial charge on any atom is 0.410 e. The van der Waals surface area contributed by atoms with Crippen molar-refractivity contribution in [3.8, 4) is 5.75 Å². The Morgan fingerprint density at radius 3 is 2.34 bits per heavy atom. The van der Waals surface area contributed by atoms with E-state index in [2.05, 4.69) is 4.74 Å². The zero-order valence-electron chi connectivity index (χ0n) is 17.5. The molecule has 5 nitrogen and oxygen atoms in total. The van der Waals surface area contributed by atoms with Crippen molar-refractivity contribution >= 4 is 11.8 Å². The van der Waals surface area contributed by atoms with Crippen molar-refractivity contribution in [2.75, 3.05) is 18.8 Å². The average molecular weight is 411 g/mol. The molecule has 1 amide bonds. The van der Waals surface area contributed by atoms with Crippen LogP contribution in [0.3, 0.4) is 0 Å². The molecule has 162 valence electrons. The maximum absolute atomic E-state index is 12.6. The molecule has 0 bridgehead atoms. The Morgan fingerprint density at radius 1 is 1.17 bits per heavy atom. The molecule has 2 fully saturated rings. The van der Waals surface area contributed by atoms with Gasteiger partial charge in [-0.05, 0) is 88.3 Å². The number of anilines is 1. The van der Waals surface area contributed by atoms with Crippen LogP contribution in [0.1, 0.15) is 70.8 Å². The van der Waals surface area contributed by atoms with Gasteiger partial charge < -0.3 is 20.1 Å². The SMILES string of the molecule is CC(C)(C)OC(=O)N1CCC2(CCC(c3ccc(N)c(OC(F)F)c3)CC2)CC1. The van der Waals surface area contributed by atoms with E-state index in [1.165, 1.54) is 0 Å². The highest BCUT2D eigenvalue weighted by molar-refractivity contribution is 5.68.